The molecule has 1 amide bonds. The summed E-state index contributed by atoms with van der Waals surface area (Å²) >= 11 is 0. The van der Waals surface area contributed by atoms with E-state index in [1.165, 1.54) is 0 Å². The van der Waals surface area contributed by atoms with E-state index in [1.54, 1.807) is 0 Å². The van der Waals surface area contributed by atoms with Crippen molar-refractivity contribution in [2.45, 2.75) is 33.3 Å². The lowest BCUT2D eigenvalue weighted by Gasteiger charge is -2.07. The molecule has 0 radical (unpaired) electrons. The molecule has 0 spiro atoms. The van der Waals surface area contributed by atoms with Crippen LogP contribution in [0, 0.1) is 5.92 Å². The van der Waals surface area contributed by atoms with E-state index >= 15 is 0 Å². The first-order valence-corrected chi connectivity index (χ1v) is 6.54. The standard InChI is InChI=1S/C15H21NO3/c1-12(2)8-9-14(17)16-10-15(18)19-11-13-6-4-3-5-7-13/h3-7,12H,8-11H2,1-2H3,(H,16,17). The summed E-state index contributed by atoms with van der Waals surface area (Å²) in [5, 5.41) is 2.56. The molecule has 0 aliphatic carbocycles. The number of hydrogen-bond acceptors (Lipinski definition) is 3. The Hall–Kier alpha value is -1.84. The van der Waals surface area contributed by atoms with E-state index < -0.39 is 5.97 Å². The Morgan fingerprint density at radius 2 is 1.89 bits per heavy atom. The van der Waals surface area contributed by atoms with Crippen molar-refractivity contribution in [2.24, 2.45) is 5.92 Å². The minimum Gasteiger partial charge on any atom is -0.460 e. The van der Waals surface area contributed by atoms with Crippen molar-refractivity contribution >= 4 is 11.9 Å². The number of amides is 1. The number of carbonyl (C=O) groups excluding carboxylic acids is 2. The Morgan fingerprint density at radius 3 is 2.53 bits per heavy atom. The van der Waals surface area contributed by atoms with Gasteiger partial charge in [-0.2, -0.15) is 0 Å². The second-order valence-corrected chi connectivity index (χ2v) is 4.86. The number of benzene rings is 1. The molecule has 0 bridgehead atoms. The van der Waals surface area contributed by atoms with Gasteiger partial charge in [-0.3, -0.25) is 9.59 Å². The van der Waals surface area contributed by atoms with Crippen LogP contribution in [0.3, 0.4) is 0 Å². The quantitative estimate of drug-likeness (QED) is 0.768. The van der Waals surface area contributed by atoms with Crippen LogP contribution in [0.1, 0.15) is 32.3 Å². The normalized spacial score (nSPS) is 10.3. The van der Waals surface area contributed by atoms with Gasteiger partial charge in [0.05, 0.1) is 0 Å². The molecule has 1 aromatic carbocycles. The van der Waals surface area contributed by atoms with E-state index in [4.69, 9.17) is 4.74 Å². The van der Waals surface area contributed by atoms with Crippen LogP contribution in [0.4, 0.5) is 0 Å². The highest BCUT2D eigenvalue weighted by atomic mass is 16.5. The SMILES string of the molecule is CC(C)CCC(=O)NCC(=O)OCc1ccccc1. The predicted molar refractivity (Wildman–Crippen MR) is 73.3 cm³/mol. The summed E-state index contributed by atoms with van der Waals surface area (Å²) in [6.07, 6.45) is 1.27. The lowest BCUT2D eigenvalue weighted by atomic mass is 10.1. The van der Waals surface area contributed by atoms with Crippen LogP contribution in [0.5, 0.6) is 0 Å². The first kappa shape index (κ1) is 15.2. The second kappa shape index (κ2) is 8.29. The van der Waals surface area contributed by atoms with Crippen molar-refractivity contribution in [3.05, 3.63) is 35.9 Å². The Balaban J connectivity index is 2.16. The van der Waals surface area contributed by atoms with Crippen LogP contribution >= 0.6 is 0 Å². The summed E-state index contributed by atoms with van der Waals surface area (Å²) in [5.41, 5.74) is 0.932. The number of esters is 1. The lowest BCUT2D eigenvalue weighted by Crippen LogP contribution is -2.30. The van der Waals surface area contributed by atoms with Crippen molar-refractivity contribution in [3.8, 4) is 0 Å². The number of carbonyl (C=O) groups is 2. The fraction of sp³-hybridized carbons (Fsp3) is 0.467. The molecule has 0 saturated carbocycles. The average Bonchev–Trinajstić information content (AvgIpc) is 2.41. The molecule has 0 heterocycles. The molecule has 1 N–H and O–H groups in total. The highest BCUT2D eigenvalue weighted by Crippen LogP contribution is 2.03. The van der Waals surface area contributed by atoms with E-state index in [0.717, 1.165) is 12.0 Å². The summed E-state index contributed by atoms with van der Waals surface area (Å²) in [5.74, 6) is -0.0390. The minimum absolute atomic E-state index is 0.0657. The predicted octanol–water partition coefficient (Wildman–Crippen LogP) is 2.28. The monoisotopic (exact) mass is 263 g/mol. The van der Waals surface area contributed by atoms with Gasteiger partial charge in [-0.15, -0.1) is 0 Å². The Morgan fingerprint density at radius 1 is 1.21 bits per heavy atom. The van der Waals surface area contributed by atoms with E-state index in [9.17, 15) is 9.59 Å². The molecule has 4 nitrogen and oxygen atoms in total. The van der Waals surface area contributed by atoms with Gasteiger partial charge in [0.15, 0.2) is 0 Å². The highest BCUT2D eigenvalue weighted by Gasteiger charge is 2.07. The number of rotatable bonds is 7. The zero-order valence-corrected chi connectivity index (χ0v) is 11.5. The van der Waals surface area contributed by atoms with Crippen LogP contribution < -0.4 is 5.32 Å². The van der Waals surface area contributed by atoms with Crippen molar-refractivity contribution in [2.75, 3.05) is 6.54 Å². The number of ether oxygens (including phenoxy) is 1. The van der Waals surface area contributed by atoms with Crippen LogP contribution in [0.2, 0.25) is 0 Å². The Kier molecular flexibility index (Phi) is 6.64. The minimum atomic E-state index is -0.415. The first-order chi connectivity index (χ1) is 9.08. The fourth-order valence-corrected chi connectivity index (χ4v) is 1.47. The van der Waals surface area contributed by atoms with Gasteiger partial charge in [-0.1, -0.05) is 44.2 Å². The topological polar surface area (TPSA) is 55.4 Å². The largest absolute Gasteiger partial charge is 0.460 e. The van der Waals surface area contributed by atoms with Crippen LogP contribution in [0.15, 0.2) is 30.3 Å². The molecule has 19 heavy (non-hydrogen) atoms. The van der Waals surface area contributed by atoms with Gasteiger partial charge in [0.1, 0.15) is 13.2 Å². The third-order valence-electron chi connectivity index (χ3n) is 2.62. The molecular formula is C15H21NO3. The summed E-state index contributed by atoms with van der Waals surface area (Å²) in [7, 11) is 0. The molecule has 0 aliphatic heterocycles. The van der Waals surface area contributed by atoms with Crippen molar-refractivity contribution in [1.29, 1.82) is 0 Å². The van der Waals surface area contributed by atoms with E-state index in [1.807, 2.05) is 30.3 Å². The maximum atomic E-state index is 11.4. The van der Waals surface area contributed by atoms with Crippen molar-refractivity contribution < 1.29 is 14.3 Å². The maximum Gasteiger partial charge on any atom is 0.325 e. The molecule has 1 rings (SSSR count). The zero-order chi connectivity index (χ0) is 14.1. The van der Waals surface area contributed by atoms with Crippen molar-refractivity contribution in [3.63, 3.8) is 0 Å². The molecule has 4 heteroatoms. The lowest BCUT2D eigenvalue weighted by molar-refractivity contribution is -0.145. The summed E-state index contributed by atoms with van der Waals surface area (Å²) in [6.45, 7) is 4.29. The van der Waals surface area contributed by atoms with Crippen molar-refractivity contribution in [1.82, 2.24) is 5.32 Å². The Labute approximate surface area is 114 Å². The molecule has 0 atom stereocenters. The molecule has 0 fully saturated rings. The van der Waals surface area contributed by atoms with Crippen LogP contribution in [-0.4, -0.2) is 18.4 Å². The van der Waals surface area contributed by atoms with Gasteiger partial charge in [0, 0.05) is 6.42 Å². The summed E-state index contributed by atoms with van der Waals surface area (Å²) in [4.78, 5) is 22.8. The third kappa shape index (κ3) is 7.24. The molecule has 0 saturated heterocycles. The number of nitrogens with one attached hydrogen (secondary N) is 1. The zero-order valence-electron chi connectivity index (χ0n) is 11.5. The fourth-order valence-electron chi connectivity index (χ4n) is 1.47. The van der Waals surface area contributed by atoms with Gasteiger partial charge in [-0.05, 0) is 17.9 Å². The smallest absolute Gasteiger partial charge is 0.325 e. The van der Waals surface area contributed by atoms with Gasteiger partial charge < -0.3 is 10.1 Å². The molecule has 1 aromatic rings. The van der Waals surface area contributed by atoms with Gasteiger partial charge in [-0.25, -0.2) is 0 Å². The first-order valence-electron chi connectivity index (χ1n) is 6.54. The van der Waals surface area contributed by atoms with Gasteiger partial charge in [0.25, 0.3) is 0 Å². The summed E-state index contributed by atoms with van der Waals surface area (Å²) < 4.78 is 5.05. The number of hydrogen-bond donors (Lipinski definition) is 1. The molecular weight excluding hydrogens is 242 g/mol. The molecule has 0 unspecified atom stereocenters. The average molecular weight is 263 g/mol. The van der Waals surface area contributed by atoms with E-state index in [0.29, 0.717) is 12.3 Å². The summed E-state index contributed by atoms with van der Waals surface area (Å²) in [6, 6.07) is 9.44. The van der Waals surface area contributed by atoms with E-state index in [2.05, 4.69) is 19.2 Å². The van der Waals surface area contributed by atoms with Crippen LogP contribution in [-0.2, 0) is 20.9 Å². The van der Waals surface area contributed by atoms with E-state index in [-0.39, 0.29) is 19.1 Å². The highest BCUT2D eigenvalue weighted by molar-refractivity contribution is 5.81. The van der Waals surface area contributed by atoms with Gasteiger partial charge in [0.2, 0.25) is 5.91 Å². The second-order valence-electron chi connectivity index (χ2n) is 4.86. The molecule has 0 aromatic heterocycles. The Bertz CT molecular complexity index is 401. The third-order valence-corrected chi connectivity index (χ3v) is 2.62. The molecule has 0 aliphatic rings. The molecule has 104 valence electrons. The van der Waals surface area contributed by atoms with Crippen LogP contribution in [0.25, 0.3) is 0 Å². The maximum absolute atomic E-state index is 11.4. The van der Waals surface area contributed by atoms with Gasteiger partial charge >= 0.3 is 5.97 Å².